The molecule has 2 N–H and O–H groups in total. The number of nitro groups is 1. The Labute approximate surface area is 91.9 Å². The van der Waals surface area contributed by atoms with Gasteiger partial charge in [0.1, 0.15) is 5.10 Å². The summed E-state index contributed by atoms with van der Waals surface area (Å²) >= 11 is 0. The van der Waals surface area contributed by atoms with Crippen molar-refractivity contribution in [1.82, 2.24) is 25.4 Å². The van der Waals surface area contributed by atoms with Crippen molar-refractivity contribution in [3.05, 3.63) is 22.5 Å². The molecule has 0 unspecified atom stereocenters. The number of rotatable bonds is 1. The second-order valence-electron chi connectivity index (χ2n) is 3.12. The minimum Gasteiger partial charge on any atom is -0.390 e. The van der Waals surface area contributed by atoms with E-state index in [9.17, 15) is 10.1 Å². The van der Waals surface area contributed by atoms with Crippen LogP contribution in [0.4, 0.5) is 5.95 Å². The highest BCUT2D eigenvalue weighted by molar-refractivity contribution is 5.77. The molecule has 0 spiro atoms. The largest absolute Gasteiger partial charge is 0.495 e. The predicted molar refractivity (Wildman–Crippen MR) is 50.2 cm³/mol. The summed E-state index contributed by atoms with van der Waals surface area (Å²) in [5.41, 5.74) is 1.70. The van der Waals surface area contributed by atoms with Gasteiger partial charge in [-0.15, -0.1) is 0 Å². The first-order valence-electron chi connectivity index (χ1n) is 4.48. The molecule has 0 aliphatic rings. The Morgan fingerprint density at radius 1 is 1.24 bits per heavy atom. The molecule has 0 fully saturated rings. The SMILES string of the molecule is O=[N+]([O-])c1nnc2cc3nnc[nH+]c3[nH+]c2n1. The van der Waals surface area contributed by atoms with Crippen LogP contribution in [0.2, 0.25) is 0 Å². The summed E-state index contributed by atoms with van der Waals surface area (Å²) in [5, 5.41) is 25.1. The van der Waals surface area contributed by atoms with Gasteiger partial charge in [-0.05, 0) is 9.91 Å². The zero-order valence-electron chi connectivity index (χ0n) is 8.15. The number of H-pyrrole nitrogens is 2. The van der Waals surface area contributed by atoms with Gasteiger partial charge in [-0.2, -0.15) is 9.97 Å². The number of hydrogen-bond acceptors (Lipinski definition) is 7. The third kappa shape index (κ3) is 1.47. The summed E-state index contributed by atoms with van der Waals surface area (Å²) in [5.74, 6) is -0.560. The zero-order chi connectivity index (χ0) is 11.8. The highest BCUT2D eigenvalue weighted by Crippen LogP contribution is 2.08. The van der Waals surface area contributed by atoms with E-state index < -0.39 is 10.9 Å². The molecule has 0 atom stereocenters. The van der Waals surface area contributed by atoms with Crippen molar-refractivity contribution in [2.24, 2.45) is 0 Å². The van der Waals surface area contributed by atoms with E-state index in [-0.39, 0.29) is 5.65 Å². The third-order valence-corrected chi connectivity index (χ3v) is 2.07. The summed E-state index contributed by atoms with van der Waals surface area (Å²) in [6.07, 6.45) is 1.38. The van der Waals surface area contributed by atoms with E-state index in [0.717, 1.165) is 0 Å². The fourth-order valence-electron chi connectivity index (χ4n) is 1.35. The van der Waals surface area contributed by atoms with Gasteiger partial charge in [-0.1, -0.05) is 5.10 Å². The lowest BCUT2D eigenvalue weighted by molar-refractivity contribution is -0.460. The van der Waals surface area contributed by atoms with Gasteiger partial charge >= 0.3 is 23.6 Å². The second kappa shape index (κ2) is 3.30. The molecule has 0 saturated carbocycles. The number of pyridine rings is 1. The van der Waals surface area contributed by atoms with Crippen LogP contribution >= 0.6 is 0 Å². The first kappa shape index (κ1) is 9.33. The Balaban J connectivity index is 2.36. The summed E-state index contributed by atoms with van der Waals surface area (Å²) in [6.45, 7) is 0. The topological polar surface area (TPSA) is 136 Å². The molecule has 3 aromatic rings. The van der Waals surface area contributed by atoms with Gasteiger partial charge in [0.25, 0.3) is 0 Å². The maximum atomic E-state index is 10.5. The molecule has 0 aromatic carbocycles. The quantitative estimate of drug-likeness (QED) is 0.283. The Morgan fingerprint density at radius 2 is 2.12 bits per heavy atom. The number of aromatic amines is 2. The Hall–Kier alpha value is -2.91. The fourth-order valence-corrected chi connectivity index (χ4v) is 1.35. The molecule has 10 nitrogen and oxygen atoms in total. The lowest BCUT2D eigenvalue weighted by Gasteiger charge is -1.90. The van der Waals surface area contributed by atoms with Gasteiger partial charge in [-0.3, -0.25) is 0 Å². The average Bonchev–Trinajstić information content (AvgIpc) is 2.35. The molecule has 0 aliphatic carbocycles. The Morgan fingerprint density at radius 3 is 2.94 bits per heavy atom. The van der Waals surface area contributed by atoms with Crippen molar-refractivity contribution in [2.75, 3.05) is 0 Å². The standard InChI is InChI=1S/C7H2N8O2/c16-15(17)7-11-6-4(13-14-7)1-3-5(10-6)8-2-9-12-3/h1-2H/p+2. The van der Waals surface area contributed by atoms with E-state index >= 15 is 0 Å². The molecule has 0 amide bonds. The number of fused-ring (bicyclic) bond motifs is 2. The molecule has 10 heteroatoms. The van der Waals surface area contributed by atoms with Gasteiger partial charge in [0, 0.05) is 11.2 Å². The van der Waals surface area contributed by atoms with Crippen molar-refractivity contribution in [1.29, 1.82) is 0 Å². The molecule has 3 aromatic heterocycles. The Bertz CT molecular complexity index is 744. The first-order valence-corrected chi connectivity index (χ1v) is 4.48. The minimum atomic E-state index is -0.709. The molecular weight excluding hydrogens is 228 g/mol. The summed E-state index contributed by atoms with van der Waals surface area (Å²) in [7, 11) is 0. The smallest absolute Gasteiger partial charge is 0.390 e. The van der Waals surface area contributed by atoms with Crippen molar-refractivity contribution in [2.45, 2.75) is 0 Å². The van der Waals surface area contributed by atoms with E-state index in [1.165, 1.54) is 6.33 Å². The van der Waals surface area contributed by atoms with E-state index in [1.54, 1.807) is 6.07 Å². The van der Waals surface area contributed by atoms with E-state index in [0.29, 0.717) is 16.7 Å². The van der Waals surface area contributed by atoms with Gasteiger partial charge in [0.2, 0.25) is 5.52 Å². The van der Waals surface area contributed by atoms with E-state index in [2.05, 4.69) is 35.3 Å². The lowest BCUT2D eigenvalue weighted by atomic mass is 10.4. The fraction of sp³-hybridized carbons (Fsp3) is 0. The average molecular weight is 232 g/mol. The second-order valence-corrected chi connectivity index (χ2v) is 3.12. The number of aromatic nitrogens is 7. The van der Waals surface area contributed by atoms with Crippen LogP contribution < -0.4 is 9.97 Å². The van der Waals surface area contributed by atoms with Crippen LogP contribution in [0.5, 0.6) is 0 Å². The molecule has 0 saturated heterocycles. The molecular formula is C7H4N8O2+2. The molecule has 17 heavy (non-hydrogen) atoms. The monoisotopic (exact) mass is 232 g/mol. The molecule has 3 heterocycles. The van der Waals surface area contributed by atoms with Crippen molar-refractivity contribution < 1.29 is 14.9 Å². The van der Waals surface area contributed by atoms with Gasteiger partial charge in [0.15, 0.2) is 5.52 Å². The summed E-state index contributed by atoms with van der Waals surface area (Å²) in [6, 6.07) is 1.58. The molecule has 3 rings (SSSR count). The lowest BCUT2D eigenvalue weighted by Crippen LogP contribution is -2.20. The predicted octanol–water partition coefficient (Wildman–Crippen LogP) is -1.50. The van der Waals surface area contributed by atoms with Gasteiger partial charge < -0.3 is 10.1 Å². The summed E-state index contributed by atoms with van der Waals surface area (Å²) in [4.78, 5) is 19.2. The van der Waals surface area contributed by atoms with Crippen LogP contribution in [0.1, 0.15) is 0 Å². The van der Waals surface area contributed by atoms with E-state index in [4.69, 9.17) is 0 Å². The van der Waals surface area contributed by atoms with Crippen LogP contribution in [-0.4, -0.2) is 30.3 Å². The van der Waals surface area contributed by atoms with Crippen LogP contribution in [0.25, 0.3) is 22.3 Å². The van der Waals surface area contributed by atoms with E-state index in [1.807, 2.05) is 0 Å². The third-order valence-electron chi connectivity index (χ3n) is 2.07. The van der Waals surface area contributed by atoms with Crippen molar-refractivity contribution >= 4 is 28.3 Å². The molecule has 0 radical (unpaired) electrons. The highest BCUT2D eigenvalue weighted by Gasteiger charge is 2.20. The molecule has 0 bridgehead atoms. The van der Waals surface area contributed by atoms with Crippen LogP contribution in [0.15, 0.2) is 12.4 Å². The van der Waals surface area contributed by atoms with Gasteiger partial charge in [-0.25, -0.2) is 0 Å². The minimum absolute atomic E-state index is 0.253. The molecule has 82 valence electrons. The van der Waals surface area contributed by atoms with Gasteiger partial charge in [0.05, 0.1) is 5.10 Å². The Kier molecular flexibility index (Phi) is 1.81. The first-order chi connectivity index (χ1) is 8.24. The number of nitrogens with one attached hydrogen (secondary N) is 2. The zero-order valence-corrected chi connectivity index (χ0v) is 8.15. The van der Waals surface area contributed by atoms with Crippen molar-refractivity contribution in [3.8, 4) is 0 Å². The van der Waals surface area contributed by atoms with Crippen molar-refractivity contribution in [3.63, 3.8) is 0 Å². The summed E-state index contributed by atoms with van der Waals surface area (Å²) < 4.78 is 0. The van der Waals surface area contributed by atoms with Crippen LogP contribution in [0, 0.1) is 10.1 Å². The number of hydrogen-bond donors (Lipinski definition) is 0. The van der Waals surface area contributed by atoms with Crippen LogP contribution in [0.3, 0.4) is 0 Å². The molecule has 0 aliphatic heterocycles. The normalized spacial score (nSPS) is 10.8. The maximum Gasteiger partial charge on any atom is 0.495 e. The number of nitrogens with zero attached hydrogens (tertiary/aromatic N) is 6. The highest BCUT2D eigenvalue weighted by atomic mass is 16.6. The van der Waals surface area contributed by atoms with Crippen LogP contribution in [-0.2, 0) is 0 Å². The maximum absolute atomic E-state index is 10.5.